The van der Waals surface area contributed by atoms with Crippen molar-refractivity contribution in [3.8, 4) is 0 Å². The van der Waals surface area contributed by atoms with Crippen LogP contribution in [0.2, 0.25) is 0 Å². The van der Waals surface area contributed by atoms with Crippen molar-refractivity contribution in [2.45, 2.75) is 66.0 Å². The average molecular weight is 284 g/mol. The van der Waals surface area contributed by atoms with E-state index in [2.05, 4.69) is 31.0 Å². The first-order valence-corrected chi connectivity index (χ1v) is 7.73. The number of likely N-dealkylation sites (tertiary alicyclic amines) is 1. The summed E-state index contributed by atoms with van der Waals surface area (Å²) in [6.07, 6.45) is 2.22. The number of hydrogen-bond donors (Lipinski definition) is 1. The van der Waals surface area contributed by atoms with Crippen LogP contribution in [-0.2, 0) is 9.53 Å². The molecule has 118 valence electrons. The molecular formula is C16H32N2O2. The quantitative estimate of drug-likeness (QED) is 0.805. The Bertz CT molecular complexity index is 307. The molecule has 0 atom stereocenters. The average Bonchev–Trinajstić information content (AvgIpc) is 2.24. The van der Waals surface area contributed by atoms with E-state index in [9.17, 15) is 4.79 Å². The lowest BCUT2D eigenvalue weighted by Gasteiger charge is -2.34. The number of hydrogen-bond acceptors (Lipinski definition) is 4. The molecule has 0 aromatic heterocycles. The van der Waals surface area contributed by atoms with E-state index in [0.29, 0.717) is 18.0 Å². The molecule has 1 fully saturated rings. The number of nitrogens with zero attached hydrogens (tertiary/aromatic N) is 1. The van der Waals surface area contributed by atoms with Gasteiger partial charge in [-0.1, -0.05) is 20.8 Å². The molecule has 0 spiro atoms. The zero-order valence-corrected chi connectivity index (χ0v) is 14.1. The van der Waals surface area contributed by atoms with Gasteiger partial charge < -0.3 is 10.1 Å². The third kappa shape index (κ3) is 7.85. The highest BCUT2D eigenvalue weighted by molar-refractivity contribution is 5.72. The van der Waals surface area contributed by atoms with Crippen LogP contribution in [0.5, 0.6) is 0 Å². The molecule has 0 unspecified atom stereocenters. The molecule has 0 aromatic carbocycles. The maximum atomic E-state index is 11.8. The van der Waals surface area contributed by atoms with E-state index in [1.807, 2.05) is 20.8 Å². The molecule has 20 heavy (non-hydrogen) atoms. The Morgan fingerprint density at radius 2 is 1.70 bits per heavy atom. The second-order valence-electron chi connectivity index (χ2n) is 8.08. The summed E-state index contributed by atoms with van der Waals surface area (Å²) < 4.78 is 5.36. The molecule has 0 radical (unpaired) electrons. The van der Waals surface area contributed by atoms with E-state index in [0.717, 1.165) is 32.5 Å². The number of carbonyl (C=O) groups is 1. The number of carbonyl (C=O) groups excluding carboxylic acids is 1. The molecule has 4 heteroatoms. The lowest BCUT2D eigenvalue weighted by Crippen LogP contribution is -2.46. The van der Waals surface area contributed by atoms with Gasteiger partial charge in [-0.05, 0) is 39.0 Å². The van der Waals surface area contributed by atoms with Crippen LogP contribution in [0.25, 0.3) is 0 Å². The molecule has 0 aliphatic carbocycles. The molecule has 1 rings (SSSR count). The SMILES string of the molecule is CC(C)(C)CNC1CCN(CC(=O)OC(C)(C)C)CC1. The van der Waals surface area contributed by atoms with Crippen molar-refractivity contribution in [1.29, 1.82) is 0 Å². The van der Waals surface area contributed by atoms with Crippen molar-refractivity contribution in [3.05, 3.63) is 0 Å². The van der Waals surface area contributed by atoms with E-state index in [4.69, 9.17) is 4.74 Å². The fourth-order valence-electron chi connectivity index (χ4n) is 2.30. The molecule has 0 saturated carbocycles. The molecule has 0 aromatic rings. The van der Waals surface area contributed by atoms with E-state index >= 15 is 0 Å². The Hall–Kier alpha value is -0.610. The van der Waals surface area contributed by atoms with Crippen molar-refractivity contribution in [3.63, 3.8) is 0 Å². The summed E-state index contributed by atoms with van der Waals surface area (Å²) in [4.78, 5) is 14.0. The Balaban J connectivity index is 2.24. The Labute approximate surface area is 124 Å². The summed E-state index contributed by atoms with van der Waals surface area (Å²) in [6, 6.07) is 0.587. The van der Waals surface area contributed by atoms with Crippen LogP contribution >= 0.6 is 0 Å². The third-order valence-electron chi connectivity index (χ3n) is 3.28. The van der Waals surface area contributed by atoms with E-state index in [-0.39, 0.29) is 11.6 Å². The van der Waals surface area contributed by atoms with Gasteiger partial charge in [-0.3, -0.25) is 9.69 Å². The number of esters is 1. The first-order chi connectivity index (χ1) is 9.05. The van der Waals surface area contributed by atoms with Gasteiger partial charge in [0.05, 0.1) is 6.54 Å². The van der Waals surface area contributed by atoms with Crippen LogP contribution in [0.4, 0.5) is 0 Å². The van der Waals surface area contributed by atoms with Crippen LogP contribution in [0.1, 0.15) is 54.4 Å². The van der Waals surface area contributed by atoms with Gasteiger partial charge in [0.15, 0.2) is 0 Å². The van der Waals surface area contributed by atoms with Gasteiger partial charge in [0.2, 0.25) is 0 Å². The van der Waals surface area contributed by atoms with Crippen molar-refractivity contribution >= 4 is 5.97 Å². The number of piperidine rings is 1. The molecular weight excluding hydrogens is 252 g/mol. The van der Waals surface area contributed by atoms with Gasteiger partial charge in [0, 0.05) is 25.7 Å². The lowest BCUT2D eigenvalue weighted by atomic mass is 9.95. The highest BCUT2D eigenvalue weighted by atomic mass is 16.6. The Morgan fingerprint density at radius 3 is 2.15 bits per heavy atom. The van der Waals surface area contributed by atoms with Crippen LogP contribution in [-0.4, -0.2) is 48.7 Å². The fraction of sp³-hybridized carbons (Fsp3) is 0.938. The van der Waals surface area contributed by atoms with Gasteiger partial charge >= 0.3 is 5.97 Å². The second-order valence-corrected chi connectivity index (χ2v) is 8.08. The van der Waals surface area contributed by atoms with Crippen LogP contribution in [0.15, 0.2) is 0 Å². The molecule has 1 N–H and O–H groups in total. The van der Waals surface area contributed by atoms with Gasteiger partial charge in [-0.25, -0.2) is 0 Å². The Kier molecular flexibility index (Phi) is 6.02. The maximum absolute atomic E-state index is 11.8. The number of nitrogens with one attached hydrogen (secondary N) is 1. The van der Waals surface area contributed by atoms with Crippen LogP contribution < -0.4 is 5.32 Å². The smallest absolute Gasteiger partial charge is 0.320 e. The van der Waals surface area contributed by atoms with Crippen molar-refractivity contribution in [1.82, 2.24) is 10.2 Å². The van der Waals surface area contributed by atoms with E-state index in [1.54, 1.807) is 0 Å². The summed E-state index contributed by atoms with van der Waals surface area (Å²) in [6.45, 7) is 15.9. The lowest BCUT2D eigenvalue weighted by molar-refractivity contribution is -0.156. The van der Waals surface area contributed by atoms with Crippen molar-refractivity contribution in [2.24, 2.45) is 5.41 Å². The minimum atomic E-state index is -0.385. The molecule has 1 saturated heterocycles. The van der Waals surface area contributed by atoms with Crippen molar-refractivity contribution < 1.29 is 9.53 Å². The monoisotopic (exact) mass is 284 g/mol. The van der Waals surface area contributed by atoms with Gasteiger partial charge in [0.1, 0.15) is 5.60 Å². The summed E-state index contributed by atoms with van der Waals surface area (Å²) >= 11 is 0. The first kappa shape index (κ1) is 17.4. The number of ether oxygens (including phenoxy) is 1. The van der Waals surface area contributed by atoms with Gasteiger partial charge in [-0.2, -0.15) is 0 Å². The maximum Gasteiger partial charge on any atom is 0.320 e. The predicted octanol–water partition coefficient (Wildman–Crippen LogP) is 2.43. The first-order valence-electron chi connectivity index (χ1n) is 7.73. The number of rotatable bonds is 4. The summed E-state index contributed by atoms with van der Waals surface area (Å²) in [7, 11) is 0. The molecule has 1 heterocycles. The van der Waals surface area contributed by atoms with Gasteiger partial charge in [-0.15, -0.1) is 0 Å². The summed E-state index contributed by atoms with van der Waals surface area (Å²) in [5, 5.41) is 3.63. The minimum absolute atomic E-state index is 0.112. The third-order valence-corrected chi connectivity index (χ3v) is 3.28. The normalized spacial score (nSPS) is 19.1. The zero-order chi connectivity index (χ0) is 15.4. The zero-order valence-electron chi connectivity index (χ0n) is 14.1. The van der Waals surface area contributed by atoms with Crippen LogP contribution in [0.3, 0.4) is 0 Å². The minimum Gasteiger partial charge on any atom is -0.459 e. The predicted molar refractivity (Wildman–Crippen MR) is 82.8 cm³/mol. The molecule has 0 amide bonds. The summed E-state index contributed by atoms with van der Waals surface area (Å²) in [5.41, 5.74) is -0.0582. The summed E-state index contributed by atoms with van der Waals surface area (Å²) in [5.74, 6) is -0.112. The highest BCUT2D eigenvalue weighted by Gasteiger charge is 2.24. The molecule has 1 aliphatic rings. The molecule has 0 bridgehead atoms. The molecule has 4 nitrogen and oxygen atoms in total. The van der Waals surface area contributed by atoms with E-state index < -0.39 is 0 Å². The van der Waals surface area contributed by atoms with Gasteiger partial charge in [0.25, 0.3) is 0 Å². The van der Waals surface area contributed by atoms with Crippen molar-refractivity contribution in [2.75, 3.05) is 26.2 Å². The molecule has 1 aliphatic heterocycles. The highest BCUT2D eigenvalue weighted by Crippen LogP contribution is 2.15. The standard InChI is InChI=1S/C16H32N2O2/c1-15(2,3)12-17-13-7-9-18(10-8-13)11-14(19)20-16(4,5)6/h13,17H,7-12H2,1-6H3. The largest absolute Gasteiger partial charge is 0.459 e. The van der Waals surface area contributed by atoms with Crippen LogP contribution in [0, 0.1) is 5.41 Å². The topological polar surface area (TPSA) is 41.6 Å². The Morgan fingerprint density at radius 1 is 1.15 bits per heavy atom. The van der Waals surface area contributed by atoms with E-state index in [1.165, 1.54) is 0 Å². The fourth-order valence-corrected chi connectivity index (χ4v) is 2.30. The second kappa shape index (κ2) is 6.90.